The van der Waals surface area contributed by atoms with E-state index in [0.717, 1.165) is 19.4 Å². The molecule has 1 aromatic heterocycles. The van der Waals surface area contributed by atoms with Crippen LogP contribution in [0.3, 0.4) is 0 Å². The van der Waals surface area contributed by atoms with E-state index in [9.17, 15) is 9.18 Å². The Morgan fingerprint density at radius 1 is 1.56 bits per heavy atom. The lowest BCUT2D eigenvalue weighted by Gasteiger charge is -2.31. The first-order valence-corrected chi connectivity index (χ1v) is 5.18. The number of rotatable bonds is 2. The van der Waals surface area contributed by atoms with Gasteiger partial charge < -0.3 is 10.6 Å². The van der Waals surface area contributed by atoms with Crippen molar-refractivity contribution in [3.05, 3.63) is 18.3 Å². The summed E-state index contributed by atoms with van der Waals surface area (Å²) < 4.78 is 12.9. The normalized spacial score (nSPS) is 20.8. The van der Waals surface area contributed by atoms with E-state index >= 15 is 0 Å². The third-order valence-electron chi connectivity index (χ3n) is 2.77. The first-order valence-electron chi connectivity index (χ1n) is 5.18. The van der Waals surface area contributed by atoms with Gasteiger partial charge in [0.1, 0.15) is 12.1 Å². The van der Waals surface area contributed by atoms with Gasteiger partial charge in [0.2, 0.25) is 11.9 Å². The van der Waals surface area contributed by atoms with Crippen molar-refractivity contribution in [2.24, 2.45) is 11.7 Å². The van der Waals surface area contributed by atoms with Crippen molar-refractivity contribution >= 4 is 11.7 Å². The number of halogens is 1. The zero-order valence-electron chi connectivity index (χ0n) is 8.77. The number of primary amides is 1. The number of carbonyl (C=O) groups is 1. The van der Waals surface area contributed by atoms with E-state index in [1.165, 1.54) is 12.4 Å². The van der Waals surface area contributed by atoms with E-state index in [-0.39, 0.29) is 11.8 Å². The zero-order valence-corrected chi connectivity index (χ0v) is 8.77. The fraction of sp³-hybridized carbons (Fsp3) is 0.500. The van der Waals surface area contributed by atoms with Crippen LogP contribution >= 0.6 is 0 Å². The molecule has 0 aliphatic carbocycles. The molecule has 1 aliphatic rings. The van der Waals surface area contributed by atoms with Gasteiger partial charge in [-0.3, -0.25) is 4.79 Å². The zero-order chi connectivity index (χ0) is 11.5. The molecule has 1 fully saturated rings. The topological polar surface area (TPSA) is 72.1 Å². The van der Waals surface area contributed by atoms with Crippen molar-refractivity contribution in [3.8, 4) is 0 Å². The van der Waals surface area contributed by atoms with Crippen LogP contribution in [-0.2, 0) is 4.79 Å². The van der Waals surface area contributed by atoms with Crippen LogP contribution in [-0.4, -0.2) is 29.0 Å². The molecule has 0 bridgehead atoms. The number of nitrogens with two attached hydrogens (primary N) is 1. The highest BCUT2D eigenvalue weighted by Gasteiger charge is 2.24. The number of aromatic nitrogens is 2. The molecule has 1 unspecified atom stereocenters. The molecular weight excluding hydrogens is 211 g/mol. The Kier molecular flexibility index (Phi) is 2.98. The Labute approximate surface area is 92.5 Å². The number of amides is 1. The van der Waals surface area contributed by atoms with Gasteiger partial charge in [0.05, 0.1) is 5.92 Å². The van der Waals surface area contributed by atoms with Gasteiger partial charge in [-0.1, -0.05) is 0 Å². The van der Waals surface area contributed by atoms with E-state index in [2.05, 4.69) is 9.97 Å². The largest absolute Gasteiger partial charge is 0.369 e. The summed E-state index contributed by atoms with van der Waals surface area (Å²) in [4.78, 5) is 20.3. The molecule has 2 rings (SSSR count). The van der Waals surface area contributed by atoms with Crippen molar-refractivity contribution < 1.29 is 9.18 Å². The lowest BCUT2D eigenvalue weighted by Crippen LogP contribution is -2.41. The highest BCUT2D eigenvalue weighted by atomic mass is 19.1. The molecule has 2 N–H and O–H groups in total. The molecule has 0 saturated carbocycles. The fourth-order valence-corrected chi connectivity index (χ4v) is 1.91. The van der Waals surface area contributed by atoms with Crippen molar-refractivity contribution in [1.29, 1.82) is 0 Å². The molecule has 1 atom stereocenters. The Hall–Kier alpha value is -1.72. The minimum atomic E-state index is -0.564. The van der Waals surface area contributed by atoms with Gasteiger partial charge in [0, 0.05) is 19.2 Å². The quantitative estimate of drug-likeness (QED) is 0.734. The van der Waals surface area contributed by atoms with Gasteiger partial charge in [0.25, 0.3) is 0 Å². The second kappa shape index (κ2) is 4.42. The van der Waals surface area contributed by atoms with E-state index in [1.54, 1.807) is 0 Å². The molecule has 2 heterocycles. The number of carbonyl (C=O) groups excluding carboxylic acids is 1. The van der Waals surface area contributed by atoms with Crippen LogP contribution in [0.2, 0.25) is 0 Å². The van der Waals surface area contributed by atoms with Gasteiger partial charge in [-0.15, -0.1) is 0 Å². The summed E-state index contributed by atoms with van der Waals surface area (Å²) in [6.07, 6.45) is 2.83. The first-order chi connectivity index (χ1) is 7.66. The maximum absolute atomic E-state index is 12.9. The van der Waals surface area contributed by atoms with Crippen molar-refractivity contribution in [1.82, 2.24) is 9.97 Å². The minimum Gasteiger partial charge on any atom is -0.369 e. The van der Waals surface area contributed by atoms with Gasteiger partial charge in [-0.2, -0.15) is 4.39 Å². The molecule has 86 valence electrons. The predicted molar refractivity (Wildman–Crippen MR) is 56.1 cm³/mol. The predicted octanol–water partition coefficient (Wildman–Crippen LogP) is 0.317. The standard InChI is InChI=1S/C10H13FN4O/c11-8-4-9(14-6-13-8)15-3-1-2-7(5-15)10(12)16/h4,6-7H,1-3,5H2,(H2,12,16). The highest BCUT2D eigenvalue weighted by molar-refractivity contribution is 5.77. The third kappa shape index (κ3) is 2.26. The fourth-order valence-electron chi connectivity index (χ4n) is 1.91. The molecular formula is C10H13FN4O. The number of hydrogen-bond acceptors (Lipinski definition) is 4. The van der Waals surface area contributed by atoms with Crippen LogP contribution in [0.25, 0.3) is 0 Å². The lowest BCUT2D eigenvalue weighted by atomic mass is 9.97. The number of nitrogens with zero attached hydrogens (tertiary/aromatic N) is 3. The molecule has 0 aromatic carbocycles. The number of piperidine rings is 1. The van der Waals surface area contributed by atoms with E-state index in [4.69, 9.17) is 5.73 Å². The lowest BCUT2D eigenvalue weighted by molar-refractivity contribution is -0.122. The summed E-state index contributed by atoms with van der Waals surface area (Å²) in [5.41, 5.74) is 5.26. The summed E-state index contributed by atoms with van der Waals surface area (Å²) >= 11 is 0. The Balaban J connectivity index is 2.12. The van der Waals surface area contributed by atoms with Gasteiger partial charge in [0.15, 0.2) is 0 Å². The average Bonchev–Trinajstić information content (AvgIpc) is 2.29. The summed E-state index contributed by atoms with van der Waals surface area (Å²) in [7, 11) is 0. The molecule has 1 saturated heterocycles. The van der Waals surface area contributed by atoms with E-state index in [1.807, 2.05) is 4.90 Å². The first kappa shape index (κ1) is 10.8. The second-order valence-corrected chi connectivity index (χ2v) is 3.89. The van der Waals surface area contributed by atoms with Gasteiger partial charge >= 0.3 is 0 Å². The maximum Gasteiger partial charge on any atom is 0.222 e. The summed E-state index contributed by atoms with van der Waals surface area (Å²) in [6, 6.07) is 1.27. The highest BCUT2D eigenvalue weighted by Crippen LogP contribution is 2.21. The van der Waals surface area contributed by atoms with Crippen LogP contribution in [0, 0.1) is 11.9 Å². The Morgan fingerprint density at radius 2 is 2.38 bits per heavy atom. The Bertz CT molecular complexity index is 398. The monoisotopic (exact) mass is 224 g/mol. The SMILES string of the molecule is NC(=O)C1CCCN(c2cc(F)ncn2)C1. The number of hydrogen-bond donors (Lipinski definition) is 1. The number of anilines is 1. The average molecular weight is 224 g/mol. The Morgan fingerprint density at radius 3 is 3.06 bits per heavy atom. The molecule has 1 aromatic rings. The van der Waals surface area contributed by atoms with Crippen LogP contribution < -0.4 is 10.6 Å². The van der Waals surface area contributed by atoms with Crippen molar-refractivity contribution in [2.75, 3.05) is 18.0 Å². The third-order valence-corrected chi connectivity index (χ3v) is 2.77. The molecule has 6 heteroatoms. The molecule has 1 aliphatic heterocycles. The summed E-state index contributed by atoms with van der Waals surface area (Å²) in [5, 5.41) is 0. The van der Waals surface area contributed by atoms with Crippen LogP contribution in [0.1, 0.15) is 12.8 Å². The maximum atomic E-state index is 12.9. The molecule has 1 amide bonds. The van der Waals surface area contributed by atoms with Crippen LogP contribution in [0.4, 0.5) is 10.2 Å². The van der Waals surface area contributed by atoms with Crippen LogP contribution in [0.15, 0.2) is 12.4 Å². The van der Waals surface area contributed by atoms with E-state index in [0.29, 0.717) is 12.4 Å². The molecule has 5 nitrogen and oxygen atoms in total. The summed E-state index contributed by atoms with van der Waals surface area (Å²) in [5.74, 6) is -0.532. The summed E-state index contributed by atoms with van der Waals surface area (Å²) in [6.45, 7) is 1.27. The van der Waals surface area contributed by atoms with E-state index < -0.39 is 5.95 Å². The molecule has 0 spiro atoms. The van der Waals surface area contributed by atoms with Crippen molar-refractivity contribution in [3.63, 3.8) is 0 Å². The second-order valence-electron chi connectivity index (χ2n) is 3.89. The smallest absolute Gasteiger partial charge is 0.222 e. The molecule has 16 heavy (non-hydrogen) atoms. The van der Waals surface area contributed by atoms with Gasteiger partial charge in [-0.25, -0.2) is 9.97 Å². The van der Waals surface area contributed by atoms with Crippen molar-refractivity contribution in [2.45, 2.75) is 12.8 Å². The molecule has 0 radical (unpaired) electrons. The van der Waals surface area contributed by atoms with Gasteiger partial charge in [-0.05, 0) is 12.8 Å². The van der Waals surface area contributed by atoms with Crippen LogP contribution in [0.5, 0.6) is 0 Å². The minimum absolute atomic E-state index is 0.174.